The summed E-state index contributed by atoms with van der Waals surface area (Å²) in [5.74, 6) is -2.50. The first-order valence-electron chi connectivity index (χ1n) is 13.9. The van der Waals surface area contributed by atoms with Crippen molar-refractivity contribution >= 4 is 12.0 Å². The van der Waals surface area contributed by atoms with Crippen LogP contribution in [0.3, 0.4) is 0 Å². The fourth-order valence-electron chi connectivity index (χ4n) is 4.81. The van der Waals surface area contributed by atoms with E-state index < -0.39 is 86.3 Å². The van der Waals surface area contributed by atoms with Gasteiger partial charge in [-0.2, -0.15) is 0 Å². The van der Waals surface area contributed by atoms with Gasteiger partial charge in [0.2, 0.25) is 0 Å². The van der Waals surface area contributed by atoms with E-state index in [0.29, 0.717) is 11.1 Å². The normalized spacial score (nSPS) is 32.0. The molecule has 0 aliphatic carbocycles. The maximum absolute atomic E-state index is 12.8. The molecule has 4 rings (SSSR count). The second-order valence-corrected chi connectivity index (χ2v) is 10.4. The van der Waals surface area contributed by atoms with Gasteiger partial charge in [0.25, 0.3) is 0 Å². The van der Waals surface area contributed by atoms with Gasteiger partial charge in [-0.15, -0.1) is 0 Å². The fourth-order valence-corrected chi connectivity index (χ4v) is 4.81. The number of ether oxygens (including phenoxy) is 5. The summed E-state index contributed by atoms with van der Waals surface area (Å²) < 4.78 is 28.0. The van der Waals surface area contributed by atoms with Crippen molar-refractivity contribution < 1.29 is 79.5 Å². The van der Waals surface area contributed by atoms with E-state index in [1.54, 1.807) is 0 Å². The zero-order chi connectivity index (χ0) is 32.8. The van der Waals surface area contributed by atoms with E-state index in [4.69, 9.17) is 23.7 Å². The van der Waals surface area contributed by atoms with Crippen molar-refractivity contribution in [2.75, 3.05) is 19.8 Å². The average molecular weight is 641 g/mol. The lowest BCUT2D eigenvalue weighted by Crippen LogP contribution is -2.65. The number of aromatic hydroxyl groups is 4. The SMILES string of the molecule is O=C(/C=C/c1ccc(O)c(O)c1)O[C@H]1[C@H](O[C@@H]2O[C@H](CO)[C@@H](O)[C@@H](O)[C@H]2O)[C@@H](O)[C@H](OCCc2ccc(O)c(O)c2)O[C@@H]1CO. The van der Waals surface area contributed by atoms with E-state index in [1.807, 2.05) is 0 Å². The first-order valence-corrected chi connectivity index (χ1v) is 13.9. The molecule has 2 aliphatic rings. The minimum absolute atomic E-state index is 0.108. The topological polar surface area (TPSA) is 266 Å². The molecule has 0 aromatic heterocycles. The molecular weight excluding hydrogens is 604 g/mol. The number of rotatable bonds is 11. The number of phenols is 4. The van der Waals surface area contributed by atoms with Gasteiger partial charge in [-0.3, -0.25) is 0 Å². The third-order valence-electron chi connectivity index (χ3n) is 7.31. The molecule has 2 saturated heterocycles. The van der Waals surface area contributed by atoms with Gasteiger partial charge in [-0.1, -0.05) is 12.1 Å². The first-order chi connectivity index (χ1) is 21.4. The van der Waals surface area contributed by atoms with E-state index in [1.165, 1.54) is 42.5 Å². The van der Waals surface area contributed by atoms with Gasteiger partial charge in [0.05, 0.1) is 19.8 Å². The molecule has 0 radical (unpaired) electrons. The third kappa shape index (κ3) is 8.19. The molecule has 2 aromatic rings. The summed E-state index contributed by atoms with van der Waals surface area (Å²) in [5.41, 5.74) is 0.870. The van der Waals surface area contributed by atoms with E-state index in [0.717, 1.165) is 6.08 Å². The predicted octanol–water partition coefficient (Wildman–Crippen LogP) is -2.04. The lowest BCUT2D eigenvalue weighted by atomic mass is 9.96. The highest BCUT2D eigenvalue weighted by atomic mass is 16.7. The lowest BCUT2D eigenvalue weighted by Gasteiger charge is -2.46. The Hall–Kier alpha value is -3.55. The smallest absolute Gasteiger partial charge is 0.331 e. The zero-order valence-corrected chi connectivity index (χ0v) is 23.6. The van der Waals surface area contributed by atoms with Gasteiger partial charge in [0.1, 0.15) is 42.7 Å². The monoisotopic (exact) mass is 640 g/mol. The summed E-state index contributed by atoms with van der Waals surface area (Å²) in [5, 5.41) is 100. The van der Waals surface area contributed by atoms with Crippen molar-refractivity contribution in [2.24, 2.45) is 0 Å². The van der Waals surface area contributed by atoms with Crippen LogP contribution in [0.2, 0.25) is 0 Å². The number of hydrogen-bond acceptors (Lipinski definition) is 16. The van der Waals surface area contributed by atoms with E-state index in [9.17, 15) is 55.9 Å². The average Bonchev–Trinajstić information content (AvgIpc) is 3.02. The summed E-state index contributed by atoms with van der Waals surface area (Å²) in [7, 11) is 0. The van der Waals surface area contributed by atoms with Crippen molar-refractivity contribution in [3.8, 4) is 23.0 Å². The molecule has 0 bridgehead atoms. The summed E-state index contributed by atoms with van der Waals surface area (Å²) in [6.45, 7) is -1.65. The molecule has 0 amide bonds. The standard InChI is InChI=1S/C29H36O16/c30-11-19-22(37)23(38)24(39)29(42-19)45-27-25(40)28(41-8-7-14-2-5-16(33)18(35)10-14)43-20(12-31)26(27)44-21(36)6-3-13-1-4-15(32)17(34)9-13/h1-6,9-10,19-20,22-35,37-40H,7-8,11-12H2/b6-3+/t19-,20-,22-,23-,24-,25-,26-,27-,28-,29+/m1/s1. The van der Waals surface area contributed by atoms with E-state index in [-0.39, 0.29) is 30.3 Å². The fraction of sp³-hybridized carbons (Fsp3) is 0.483. The molecule has 248 valence electrons. The Bertz CT molecular complexity index is 1320. The Kier molecular flexibility index (Phi) is 11.6. The summed E-state index contributed by atoms with van der Waals surface area (Å²) in [6.07, 6.45) is -14.0. The van der Waals surface area contributed by atoms with E-state index in [2.05, 4.69) is 0 Å². The van der Waals surface area contributed by atoms with Gasteiger partial charge >= 0.3 is 5.97 Å². The molecule has 16 nitrogen and oxygen atoms in total. The Morgan fingerprint density at radius 1 is 0.733 bits per heavy atom. The molecule has 45 heavy (non-hydrogen) atoms. The van der Waals surface area contributed by atoms with Crippen LogP contribution in [0.15, 0.2) is 42.5 Å². The molecular formula is C29H36O16. The highest BCUT2D eigenvalue weighted by molar-refractivity contribution is 5.87. The van der Waals surface area contributed by atoms with Gasteiger partial charge in [-0.25, -0.2) is 4.79 Å². The summed E-state index contributed by atoms with van der Waals surface area (Å²) in [4.78, 5) is 12.8. The molecule has 2 aliphatic heterocycles. The van der Waals surface area contributed by atoms with Crippen LogP contribution in [0.5, 0.6) is 23.0 Å². The third-order valence-corrected chi connectivity index (χ3v) is 7.31. The summed E-state index contributed by atoms with van der Waals surface area (Å²) >= 11 is 0. The number of aliphatic hydroxyl groups excluding tert-OH is 6. The molecule has 2 fully saturated rings. The molecule has 0 saturated carbocycles. The Labute approximate surface area is 256 Å². The molecule has 0 spiro atoms. The van der Waals surface area contributed by atoms with Crippen LogP contribution in [0.1, 0.15) is 11.1 Å². The van der Waals surface area contributed by atoms with Gasteiger partial charge in [0, 0.05) is 6.08 Å². The highest BCUT2D eigenvalue weighted by Gasteiger charge is 2.52. The number of carbonyl (C=O) groups is 1. The Morgan fingerprint density at radius 3 is 2.02 bits per heavy atom. The molecule has 10 N–H and O–H groups in total. The summed E-state index contributed by atoms with van der Waals surface area (Å²) in [6, 6.07) is 7.88. The minimum atomic E-state index is -1.88. The maximum Gasteiger partial charge on any atom is 0.331 e. The van der Waals surface area contributed by atoms with Crippen LogP contribution < -0.4 is 0 Å². The zero-order valence-electron chi connectivity index (χ0n) is 23.6. The highest BCUT2D eigenvalue weighted by Crippen LogP contribution is 2.32. The van der Waals surface area contributed by atoms with Crippen molar-refractivity contribution in [1.82, 2.24) is 0 Å². The molecule has 10 atom stereocenters. The van der Waals surface area contributed by atoms with Crippen LogP contribution in [0, 0.1) is 0 Å². The number of benzene rings is 2. The van der Waals surface area contributed by atoms with Crippen LogP contribution in [-0.2, 0) is 34.9 Å². The van der Waals surface area contributed by atoms with Crippen LogP contribution in [0.25, 0.3) is 6.08 Å². The quantitative estimate of drug-likeness (QED) is 0.0720. The second kappa shape index (κ2) is 15.2. The van der Waals surface area contributed by atoms with Crippen LogP contribution in [0.4, 0.5) is 0 Å². The molecule has 16 heteroatoms. The van der Waals surface area contributed by atoms with Crippen molar-refractivity contribution in [3.05, 3.63) is 53.6 Å². The Morgan fingerprint density at radius 2 is 1.38 bits per heavy atom. The van der Waals surface area contributed by atoms with Gasteiger partial charge in [-0.05, 0) is 47.9 Å². The van der Waals surface area contributed by atoms with Crippen molar-refractivity contribution in [3.63, 3.8) is 0 Å². The number of esters is 1. The largest absolute Gasteiger partial charge is 0.504 e. The number of phenolic OH excluding ortho intramolecular Hbond substituents is 4. The number of aliphatic hydroxyl groups is 6. The lowest BCUT2D eigenvalue weighted by molar-refractivity contribution is -0.360. The Balaban J connectivity index is 1.53. The number of hydrogen-bond donors (Lipinski definition) is 10. The van der Waals surface area contributed by atoms with Crippen molar-refractivity contribution in [1.29, 1.82) is 0 Å². The first kappa shape index (κ1) is 34.3. The predicted molar refractivity (Wildman–Crippen MR) is 149 cm³/mol. The minimum Gasteiger partial charge on any atom is -0.504 e. The maximum atomic E-state index is 12.8. The van der Waals surface area contributed by atoms with Gasteiger partial charge in [0.15, 0.2) is 41.7 Å². The van der Waals surface area contributed by atoms with Crippen molar-refractivity contribution in [2.45, 2.75) is 67.8 Å². The number of carbonyl (C=O) groups excluding carboxylic acids is 1. The van der Waals surface area contributed by atoms with Gasteiger partial charge < -0.3 is 74.7 Å². The van der Waals surface area contributed by atoms with Crippen LogP contribution in [-0.4, -0.2) is 138 Å². The van der Waals surface area contributed by atoms with E-state index >= 15 is 0 Å². The second-order valence-electron chi connectivity index (χ2n) is 10.4. The molecule has 2 aromatic carbocycles. The van der Waals surface area contributed by atoms with Crippen LogP contribution >= 0.6 is 0 Å². The molecule has 0 unspecified atom stereocenters. The molecule has 2 heterocycles.